The van der Waals surface area contributed by atoms with E-state index in [1.807, 2.05) is 0 Å². The summed E-state index contributed by atoms with van der Waals surface area (Å²) in [5.41, 5.74) is 0.392. The molecule has 1 fully saturated rings. The lowest BCUT2D eigenvalue weighted by Crippen LogP contribution is -2.46. The van der Waals surface area contributed by atoms with E-state index in [1.54, 1.807) is 29.6 Å². The first-order chi connectivity index (χ1) is 11.5. The highest BCUT2D eigenvalue weighted by Gasteiger charge is 2.30. The molecule has 128 valence electrons. The largest absolute Gasteiger partial charge is 0.508 e. The Bertz CT molecular complexity index is 810. The molecule has 1 aliphatic heterocycles. The van der Waals surface area contributed by atoms with Crippen LogP contribution in [0.5, 0.6) is 5.75 Å². The second kappa shape index (κ2) is 6.92. The van der Waals surface area contributed by atoms with Crippen molar-refractivity contribution in [1.82, 2.24) is 9.62 Å². The number of phenols is 1. The lowest BCUT2D eigenvalue weighted by Gasteiger charge is -2.31. The average molecular weight is 366 g/mol. The van der Waals surface area contributed by atoms with E-state index in [4.69, 9.17) is 0 Å². The van der Waals surface area contributed by atoms with Crippen molar-refractivity contribution >= 4 is 27.3 Å². The van der Waals surface area contributed by atoms with E-state index in [0.717, 1.165) is 0 Å². The average Bonchev–Trinajstić information content (AvgIpc) is 3.10. The SMILES string of the molecule is O=C(NC1CCN(S(=O)(=O)c2cccs2)CC1)c1cccc(O)c1. The van der Waals surface area contributed by atoms with Crippen molar-refractivity contribution < 1.29 is 18.3 Å². The summed E-state index contributed by atoms with van der Waals surface area (Å²) in [6, 6.07) is 9.41. The molecule has 2 aromatic rings. The highest BCUT2D eigenvalue weighted by Crippen LogP contribution is 2.24. The third-order valence-electron chi connectivity index (χ3n) is 3.99. The zero-order chi connectivity index (χ0) is 17.2. The van der Waals surface area contributed by atoms with Crippen molar-refractivity contribution in [1.29, 1.82) is 0 Å². The molecular weight excluding hydrogens is 348 g/mol. The lowest BCUT2D eigenvalue weighted by atomic mass is 10.1. The van der Waals surface area contributed by atoms with Gasteiger partial charge in [0.2, 0.25) is 0 Å². The Labute approximate surface area is 144 Å². The summed E-state index contributed by atoms with van der Waals surface area (Å²) in [5, 5.41) is 14.1. The van der Waals surface area contributed by atoms with Crippen LogP contribution in [0.4, 0.5) is 0 Å². The molecule has 8 heteroatoms. The van der Waals surface area contributed by atoms with Crippen molar-refractivity contribution in [3.63, 3.8) is 0 Å². The predicted molar refractivity (Wildman–Crippen MR) is 91.7 cm³/mol. The number of amides is 1. The molecule has 0 aliphatic carbocycles. The molecule has 0 bridgehead atoms. The maximum absolute atomic E-state index is 12.5. The van der Waals surface area contributed by atoms with Crippen LogP contribution in [0.3, 0.4) is 0 Å². The molecule has 24 heavy (non-hydrogen) atoms. The number of nitrogens with one attached hydrogen (secondary N) is 1. The van der Waals surface area contributed by atoms with Crippen molar-refractivity contribution in [2.45, 2.75) is 23.1 Å². The van der Waals surface area contributed by atoms with Crippen molar-refractivity contribution in [2.24, 2.45) is 0 Å². The lowest BCUT2D eigenvalue weighted by molar-refractivity contribution is 0.0923. The smallest absolute Gasteiger partial charge is 0.252 e. The van der Waals surface area contributed by atoms with E-state index in [9.17, 15) is 18.3 Å². The van der Waals surface area contributed by atoms with Gasteiger partial charge in [0.1, 0.15) is 9.96 Å². The maximum Gasteiger partial charge on any atom is 0.252 e. The van der Waals surface area contributed by atoms with Crippen LogP contribution in [0, 0.1) is 0 Å². The second-order valence-corrected chi connectivity index (χ2v) is 8.75. The van der Waals surface area contributed by atoms with E-state index in [1.165, 1.54) is 27.8 Å². The van der Waals surface area contributed by atoms with Crippen LogP contribution in [0.25, 0.3) is 0 Å². The van der Waals surface area contributed by atoms with Gasteiger partial charge in [-0.05, 0) is 42.5 Å². The number of phenolic OH excluding ortho intramolecular Hbond substituents is 1. The molecule has 0 atom stereocenters. The number of carbonyl (C=O) groups is 1. The highest BCUT2D eigenvalue weighted by atomic mass is 32.2. The highest BCUT2D eigenvalue weighted by molar-refractivity contribution is 7.91. The Morgan fingerprint density at radius 2 is 1.96 bits per heavy atom. The fraction of sp³-hybridized carbons (Fsp3) is 0.312. The normalized spacial score (nSPS) is 16.8. The molecule has 1 aromatic heterocycles. The summed E-state index contributed by atoms with van der Waals surface area (Å²) >= 11 is 1.21. The molecule has 6 nitrogen and oxygen atoms in total. The van der Waals surface area contributed by atoms with Gasteiger partial charge in [-0.3, -0.25) is 4.79 Å². The Morgan fingerprint density at radius 3 is 2.58 bits per heavy atom. The van der Waals surface area contributed by atoms with E-state index < -0.39 is 10.0 Å². The Morgan fingerprint density at radius 1 is 1.21 bits per heavy atom. The Balaban J connectivity index is 1.59. The number of aromatic hydroxyl groups is 1. The summed E-state index contributed by atoms with van der Waals surface area (Å²) in [4.78, 5) is 12.2. The van der Waals surface area contributed by atoms with Gasteiger partial charge in [-0.2, -0.15) is 4.31 Å². The number of rotatable bonds is 4. The molecule has 1 aromatic carbocycles. The van der Waals surface area contributed by atoms with Crippen LogP contribution in [0.15, 0.2) is 46.0 Å². The molecule has 0 radical (unpaired) electrons. The minimum Gasteiger partial charge on any atom is -0.508 e. The van der Waals surface area contributed by atoms with Gasteiger partial charge in [-0.1, -0.05) is 12.1 Å². The van der Waals surface area contributed by atoms with E-state index >= 15 is 0 Å². The van der Waals surface area contributed by atoms with Crippen LogP contribution in [0.1, 0.15) is 23.2 Å². The molecule has 0 spiro atoms. The number of nitrogens with zero attached hydrogens (tertiary/aromatic N) is 1. The Hall–Kier alpha value is -1.90. The molecule has 2 N–H and O–H groups in total. The monoisotopic (exact) mass is 366 g/mol. The minimum absolute atomic E-state index is 0.0412. The van der Waals surface area contributed by atoms with Crippen LogP contribution >= 0.6 is 11.3 Å². The van der Waals surface area contributed by atoms with Crippen molar-refractivity contribution in [2.75, 3.05) is 13.1 Å². The summed E-state index contributed by atoms with van der Waals surface area (Å²) in [5.74, 6) is -0.218. The molecule has 1 aliphatic rings. The summed E-state index contributed by atoms with van der Waals surface area (Å²) in [6.45, 7) is 0.760. The zero-order valence-electron chi connectivity index (χ0n) is 12.9. The number of hydrogen-bond donors (Lipinski definition) is 2. The van der Waals surface area contributed by atoms with E-state index in [0.29, 0.717) is 35.7 Å². The van der Waals surface area contributed by atoms with Gasteiger partial charge in [-0.15, -0.1) is 11.3 Å². The minimum atomic E-state index is -3.42. The van der Waals surface area contributed by atoms with Crippen LogP contribution < -0.4 is 5.32 Å². The summed E-state index contributed by atoms with van der Waals surface area (Å²) < 4.78 is 26.7. The predicted octanol–water partition coefficient (Wildman–Crippen LogP) is 2.04. The second-order valence-electron chi connectivity index (χ2n) is 5.63. The van der Waals surface area contributed by atoms with Gasteiger partial charge in [0.25, 0.3) is 15.9 Å². The number of carbonyl (C=O) groups excluding carboxylic acids is 1. The number of thiophene rings is 1. The summed E-state index contributed by atoms with van der Waals surface area (Å²) in [6.07, 6.45) is 1.13. The molecule has 2 heterocycles. The van der Waals surface area contributed by atoms with Gasteiger partial charge < -0.3 is 10.4 Å². The zero-order valence-corrected chi connectivity index (χ0v) is 14.5. The maximum atomic E-state index is 12.5. The number of piperidine rings is 1. The van der Waals surface area contributed by atoms with Crippen molar-refractivity contribution in [3.8, 4) is 5.75 Å². The number of benzene rings is 1. The fourth-order valence-electron chi connectivity index (χ4n) is 2.69. The quantitative estimate of drug-likeness (QED) is 0.867. The van der Waals surface area contributed by atoms with Gasteiger partial charge in [-0.25, -0.2) is 8.42 Å². The number of sulfonamides is 1. The summed E-state index contributed by atoms with van der Waals surface area (Å²) in [7, 11) is -3.42. The van der Waals surface area contributed by atoms with Crippen molar-refractivity contribution in [3.05, 3.63) is 47.3 Å². The van der Waals surface area contributed by atoms with Gasteiger partial charge in [0, 0.05) is 24.7 Å². The van der Waals surface area contributed by atoms with E-state index in [2.05, 4.69) is 5.32 Å². The van der Waals surface area contributed by atoms with Crippen LogP contribution in [0.2, 0.25) is 0 Å². The molecule has 0 saturated carbocycles. The van der Waals surface area contributed by atoms with Crippen LogP contribution in [-0.2, 0) is 10.0 Å². The van der Waals surface area contributed by atoms with Crippen LogP contribution in [-0.4, -0.2) is 42.9 Å². The molecule has 1 saturated heterocycles. The third-order valence-corrected chi connectivity index (χ3v) is 7.26. The Kier molecular flexibility index (Phi) is 4.88. The van der Waals surface area contributed by atoms with Gasteiger partial charge in [0.05, 0.1) is 0 Å². The van der Waals surface area contributed by atoms with E-state index in [-0.39, 0.29) is 17.7 Å². The molecule has 1 amide bonds. The first-order valence-electron chi connectivity index (χ1n) is 7.60. The standard InChI is InChI=1S/C16H18N2O4S2/c19-14-4-1-3-12(11-14)16(20)17-13-6-8-18(9-7-13)24(21,22)15-5-2-10-23-15/h1-5,10-11,13,19H,6-9H2,(H,17,20). The first-order valence-corrected chi connectivity index (χ1v) is 9.92. The molecule has 0 unspecified atom stereocenters. The molecule has 3 rings (SSSR count). The third kappa shape index (κ3) is 3.61. The molecular formula is C16H18N2O4S2. The fourth-order valence-corrected chi connectivity index (χ4v) is 5.31. The first kappa shape index (κ1) is 16.9. The van der Waals surface area contributed by atoms with Gasteiger partial charge >= 0.3 is 0 Å². The topological polar surface area (TPSA) is 86.7 Å². The number of hydrogen-bond acceptors (Lipinski definition) is 5. The van der Waals surface area contributed by atoms with Gasteiger partial charge in [0.15, 0.2) is 0 Å².